The Morgan fingerprint density at radius 2 is 1.65 bits per heavy atom. The fourth-order valence-electron chi connectivity index (χ4n) is 4.62. The van der Waals surface area contributed by atoms with Gasteiger partial charge in [-0.3, -0.25) is 4.79 Å². The number of carbonyl (C=O) groups excluding carboxylic acids is 3. The second-order valence-electron chi connectivity index (χ2n) is 9.08. The summed E-state index contributed by atoms with van der Waals surface area (Å²) in [5, 5.41) is 2.68. The topological polar surface area (TPSA) is 122 Å². The SMILES string of the molecule is COC(=O)[C@H](Cc1ccc(OC(=O)N2CCCC2)cc1)NC(=O)[C@H]1CCCN1S(=O)(=O)c1ccccc1. The van der Waals surface area contributed by atoms with Crippen molar-refractivity contribution in [3.63, 3.8) is 0 Å². The lowest BCUT2D eigenvalue weighted by Crippen LogP contribution is -2.51. The highest BCUT2D eigenvalue weighted by atomic mass is 32.2. The fourth-order valence-corrected chi connectivity index (χ4v) is 6.29. The van der Waals surface area contributed by atoms with Crippen LogP contribution in [0.4, 0.5) is 4.79 Å². The van der Waals surface area contributed by atoms with Crippen molar-refractivity contribution in [2.75, 3.05) is 26.7 Å². The first-order valence-corrected chi connectivity index (χ1v) is 13.7. The maximum Gasteiger partial charge on any atom is 0.415 e. The van der Waals surface area contributed by atoms with Crippen LogP contribution in [0.25, 0.3) is 0 Å². The number of sulfonamides is 1. The number of esters is 1. The smallest absolute Gasteiger partial charge is 0.415 e. The summed E-state index contributed by atoms with van der Waals surface area (Å²) in [6, 6.07) is 12.7. The van der Waals surface area contributed by atoms with Gasteiger partial charge in [0.2, 0.25) is 15.9 Å². The zero-order valence-corrected chi connectivity index (χ0v) is 21.5. The van der Waals surface area contributed by atoms with Gasteiger partial charge in [-0.25, -0.2) is 18.0 Å². The summed E-state index contributed by atoms with van der Waals surface area (Å²) >= 11 is 0. The van der Waals surface area contributed by atoms with E-state index in [1.54, 1.807) is 47.4 Å². The van der Waals surface area contributed by atoms with Crippen molar-refractivity contribution in [2.45, 2.75) is 49.1 Å². The van der Waals surface area contributed by atoms with Gasteiger partial charge in [0.25, 0.3) is 0 Å². The molecule has 37 heavy (non-hydrogen) atoms. The third-order valence-corrected chi connectivity index (χ3v) is 8.51. The standard InChI is InChI=1S/C26H31N3O7S/c1-35-25(31)22(18-19-11-13-20(14-12-19)36-26(32)28-15-5-6-16-28)27-24(30)23-10-7-17-29(23)37(33,34)21-8-3-2-4-9-21/h2-4,8-9,11-14,22-23H,5-7,10,15-18H2,1H3,(H,27,30)/t22-,23+/m0/s1. The molecule has 0 aliphatic carbocycles. The average Bonchev–Trinajstić information content (AvgIpc) is 3.62. The van der Waals surface area contributed by atoms with Gasteiger partial charge in [0.05, 0.1) is 12.0 Å². The van der Waals surface area contributed by atoms with Gasteiger partial charge in [0, 0.05) is 26.1 Å². The lowest BCUT2D eigenvalue weighted by Gasteiger charge is -2.25. The Kier molecular flexibility index (Phi) is 8.45. The zero-order chi connectivity index (χ0) is 26.4. The Balaban J connectivity index is 1.42. The number of hydrogen-bond donors (Lipinski definition) is 1. The number of likely N-dealkylation sites (tertiary alicyclic amines) is 1. The average molecular weight is 530 g/mol. The summed E-state index contributed by atoms with van der Waals surface area (Å²) < 4.78 is 37.7. The molecule has 2 saturated heterocycles. The predicted molar refractivity (Wildman–Crippen MR) is 134 cm³/mol. The van der Waals surface area contributed by atoms with Crippen LogP contribution in [0.3, 0.4) is 0 Å². The van der Waals surface area contributed by atoms with Gasteiger partial charge >= 0.3 is 12.1 Å². The minimum Gasteiger partial charge on any atom is -0.467 e. The molecule has 2 heterocycles. The highest BCUT2D eigenvalue weighted by molar-refractivity contribution is 7.89. The molecule has 2 atom stereocenters. The molecule has 0 radical (unpaired) electrons. The lowest BCUT2D eigenvalue weighted by atomic mass is 10.0. The molecular formula is C26H31N3O7S. The highest BCUT2D eigenvalue weighted by Crippen LogP contribution is 2.26. The van der Waals surface area contributed by atoms with Crippen LogP contribution in [0.1, 0.15) is 31.2 Å². The molecule has 0 aromatic heterocycles. The van der Waals surface area contributed by atoms with Crippen LogP contribution in [0, 0.1) is 0 Å². The first kappa shape index (κ1) is 26.6. The molecule has 2 aromatic carbocycles. The molecule has 10 nitrogen and oxygen atoms in total. The van der Waals surface area contributed by atoms with Gasteiger partial charge in [-0.1, -0.05) is 30.3 Å². The molecule has 0 saturated carbocycles. The molecule has 0 bridgehead atoms. The number of methoxy groups -OCH3 is 1. The largest absolute Gasteiger partial charge is 0.467 e. The van der Waals surface area contributed by atoms with Crippen molar-refractivity contribution in [3.8, 4) is 5.75 Å². The van der Waals surface area contributed by atoms with Gasteiger partial charge in [-0.15, -0.1) is 0 Å². The van der Waals surface area contributed by atoms with E-state index in [1.807, 2.05) is 0 Å². The zero-order valence-electron chi connectivity index (χ0n) is 20.7. The summed E-state index contributed by atoms with van der Waals surface area (Å²) in [5.41, 5.74) is 0.705. The Hall–Kier alpha value is -3.44. The molecule has 11 heteroatoms. The van der Waals surface area contributed by atoms with Crippen LogP contribution in [0.5, 0.6) is 5.75 Å². The summed E-state index contributed by atoms with van der Waals surface area (Å²) in [4.78, 5) is 39.6. The maximum atomic E-state index is 13.2. The van der Waals surface area contributed by atoms with Crippen molar-refractivity contribution in [1.29, 1.82) is 0 Å². The second kappa shape index (κ2) is 11.7. The van der Waals surface area contributed by atoms with Crippen LogP contribution < -0.4 is 10.1 Å². The molecule has 2 amide bonds. The Morgan fingerprint density at radius 1 is 0.973 bits per heavy atom. The van der Waals surface area contributed by atoms with E-state index in [0.29, 0.717) is 37.2 Å². The summed E-state index contributed by atoms with van der Waals surface area (Å²) in [5.74, 6) is -0.816. The molecular weight excluding hydrogens is 498 g/mol. The third-order valence-electron chi connectivity index (χ3n) is 6.59. The van der Waals surface area contributed by atoms with Gasteiger partial charge in [0.15, 0.2) is 0 Å². The van der Waals surface area contributed by atoms with Crippen LogP contribution >= 0.6 is 0 Å². The molecule has 198 valence electrons. The highest BCUT2D eigenvalue weighted by Gasteiger charge is 2.40. The lowest BCUT2D eigenvalue weighted by molar-refractivity contribution is -0.145. The minimum absolute atomic E-state index is 0.115. The minimum atomic E-state index is -3.86. The number of rotatable bonds is 8. The van der Waals surface area contributed by atoms with Crippen molar-refractivity contribution in [2.24, 2.45) is 0 Å². The van der Waals surface area contributed by atoms with E-state index in [-0.39, 0.29) is 17.9 Å². The van der Waals surface area contributed by atoms with Crippen LogP contribution in [0.15, 0.2) is 59.5 Å². The summed E-state index contributed by atoms with van der Waals surface area (Å²) in [6.07, 6.45) is 2.54. The van der Waals surface area contributed by atoms with E-state index in [0.717, 1.165) is 12.8 Å². The summed E-state index contributed by atoms with van der Waals surface area (Å²) in [7, 11) is -2.64. The van der Waals surface area contributed by atoms with Crippen LogP contribution in [0.2, 0.25) is 0 Å². The number of amides is 2. The molecule has 2 aromatic rings. The second-order valence-corrected chi connectivity index (χ2v) is 11.0. The first-order valence-electron chi connectivity index (χ1n) is 12.3. The Morgan fingerprint density at radius 3 is 2.30 bits per heavy atom. The van der Waals surface area contributed by atoms with E-state index in [2.05, 4.69) is 5.32 Å². The molecule has 2 fully saturated rings. The van der Waals surface area contributed by atoms with Crippen molar-refractivity contribution in [3.05, 3.63) is 60.2 Å². The number of ether oxygens (including phenoxy) is 2. The van der Waals surface area contributed by atoms with Gasteiger partial charge < -0.3 is 19.7 Å². The Labute approximate surface area is 216 Å². The van der Waals surface area contributed by atoms with Gasteiger partial charge in [0.1, 0.15) is 17.8 Å². The normalized spacial score (nSPS) is 18.8. The van der Waals surface area contributed by atoms with E-state index in [9.17, 15) is 22.8 Å². The molecule has 1 N–H and O–H groups in total. The Bertz CT molecular complexity index is 1210. The number of nitrogens with zero attached hydrogens (tertiary/aromatic N) is 2. The van der Waals surface area contributed by atoms with E-state index in [1.165, 1.54) is 23.5 Å². The molecule has 0 unspecified atom stereocenters. The van der Waals surface area contributed by atoms with E-state index in [4.69, 9.17) is 9.47 Å². The fraction of sp³-hybridized carbons (Fsp3) is 0.423. The van der Waals surface area contributed by atoms with E-state index >= 15 is 0 Å². The predicted octanol–water partition coefficient (Wildman–Crippen LogP) is 2.33. The van der Waals surface area contributed by atoms with Gasteiger partial charge in [-0.2, -0.15) is 4.31 Å². The molecule has 2 aliphatic rings. The quantitative estimate of drug-likeness (QED) is 0.521. The molecule has 4 rings (SSSR count). The van der Waals surface area contributed by atoms with E-state index < -0.39 is 40.1 Å². The van der Waals surface area contributed by atoms with Crippen molar-refractivity contribution >= 4 is 28.0 Å². The molecule has 2 aliphatic heterocycles. The number of hydrogen-bond acceptors (Lipinski definition) is 7. The van der Waals surface area contributed by atoms with Crippen LogP contribution in [-0.2, 0) is 30.8 Å². The molecule has 0 spiro atoms. The maximum absolute atomic E-state index is 13.2. The number of nitrogens with one attached hydrogen (secondary N) is 1. The first-order chi connectivity index (χ1) is 17.8. The van der Waals surface area contributed by atoms with Crippen molar-refractivity contribution < 1.29 is 32.3 Å². The monoisotopic (exact) mass is 529 g/mol. The van der Waals surface area contributed by atoms with Crippen molar-refractivity contribution in [1.82, 2.24) is 14.5 Å². The number of benzene rings is 2. The third kappa shape index (κ3) is 6.28. The number of carbonyl (C=O) groups is 3. The van der Waals surface area contributed by atoms with Gasteiger partial charge in [-0.05, 0) is 55.5 Å². The van der Waals surface area contributed by atoms with Crippen LogP contribution in [-0.4, -0.2) is 74.4 Å². The summed E-state index contributed by atoms with van der Waals surface area (Å²) in [6.45, 7) is 1.58.